The van der Waals surface area contributed by atoms with Crippen molar-refractivity contribution in [1.82, 2.24) is 9.78 Å². The quantitative estimate of drug-likeness (QED) is 0.944. The Kier molecular flexibility index (Phi) is 4.20. The predicted molar refractivity (Wildman–Crippen MR) is 78.0 cm³/mol. The van der Waals surface area contributed by atoms with Crippen molar-refractivity contribution in [1.29, 1.82) is 0 Å². The minimum absolute atomic E-state index is 0.321. The molecule has 5 nitrogen and oxygen atoms in total. The minimum atomic E-state index is -0.706. The Morgan fingerprint density at radius 1 is 1.35 bits per heavy atom. The second-order valence-corrected chi connectivity index (χ2v) is 4.79. The first-order valence-electron chi connectivity index (χ1n) is 6.10. The van der Waals surface area contributed by atoms with Crippen LogP contribution in [0.1, 0.15) is 18.5 Å². The van der Waals surface area contributed by atoms with Crippen LogP contribution < -0.4 is 10.9 Å². The number of hydrogen-bond acceptors (Lipinski definition) is 3. The lowest BCUT2D eigenvalue weighted by Crippen LogP contribution is -2.32. The summed E-state index contributed by atoms with van der Waals surface area (Å²) in [6, 6.07) is 7.45. The molecule has 0 unspecified atom stereocenters. The number of nitrogens with zero attached hydrogens (tertiary/aromatic N) is 2. The van der Waals surface area contributed by atoms with E-state index in [1.54, 1.807) is 25.1 Å². The average Bonchev–Trinajstić information content (AvgIpc) is 2.43. The van der Waals surface area contributed by atoms with E-state index in [-0.39, 0.29) is 11.5 Å². The second-order valence-electron chi connectivity index (χ2n) is 4.38. The van der Waals surface area contributed by atoms with Crippen molar-refractivity contribution in [3.05, 3.63) is 57.5 Å². The van der Waals surface area contributed by atoms with E-state index < -0.39 is 6.04 Å². The lowest BCUT2D eigenvalue weighted by atomic mass is 10.2. The number of benzene rings is 1. The number of carbonyl (C=O) groups is 1. The summed E-state index contributed by atoms with van der Waals surface area (Å²) < 4.78 is 1.13. The Balaban J connectivity index is 2.23. The number of nitrogens with one attached hydrogen (secondary N) is 1. The van der Waals surface area contributed by atoms with Crippen LogP contribution in [0, 0.1) is 6.92 Å². The summed E-state index contributed by atoms with van der Waals surface area (Å²) in [5, 5.41) is 7.23. The molecule has 2 aromatic rings. The number of amides is 1. The van der Waals surface area contributed by atoms with Crippen LogP contribution in [0.2, 0.25) is 5.02 Å². The maximum atomic E-state index is 12.2. The van der Waals surface area contributed by atoms with Crippen molar-refractivity contribution >= 4 is 23.2 Å². The van der Waals surface area contributed by atoms with Gasteiger partial charge in [-0.2, -0.15) is 5.10 Å². The van der Waals surface area contributed by atoms with Crippen LogP contribution >= 0.6 is 11.6 Å². The van der Waals surface area contributed by atoms with E-state index >= 15 is 0 Å². The molecule has 20 heavy (non-hydrogen) atoms. The van der Waals surface area contributed by atoms with Gasteiger partial charge in [-0.25, -0.2) is 4.68 Å². The molecule has 0 saturated heterocycles. The molecule has 0 aliphatic heterocycles. The van der Waals surface area contributed by atoms with Crippen LogP contribution in [-0.4, -0.2) is 15.7 Å². The van der Waals surface area contributed by atoms with E-state index in [1.165, 1.54) is 18.3 Å². The van der Waals surface area contributed by atoms with Crippen LogP contribution in [0.3, 0.4) is 0 Å². The molecule has 1 amide bonds. The van der Waals surface area contributed by atoms with Crippen LogP contribution in [0.5, 0.6) is 0 Å². The van der Waals surface area contributed by atoms with Crippen LogP contribution in [0.4, 0.5) is 5.69 Å². The van der Waals surface area contributed by atoms with Crippen molar-refractivity contribution in [3.8, 4) is 0 Å². The minimum Gasteiger partial charge on any atom is -0.324 e. The summed E-state index contributed by atoms with van der Waals surface area (Å²) in [4.78, 5) is 23.8. The molecule has 0 saturated carbocycles. The second kappa shape index (κ2) is 5.88. The van der Waals surface area contributed by atoms with Gasteiger partial charge in [0.1, 0.15) is 6.04 Å². The lowest BCUT2D eigenvalue weighted by molar-refractivity contribution is -0.119. The molecule has 0 radical (unpaired) electrons. The summed E-state index contributed by atoms with van der Waals surface area (Å²) in [5.41, 5.74) is 1.08. The molecule has 0 aliphatic rings. The Morgan fingerprint density at radius 3 is 2.80 bits per heavy atom. The highest BCUT2D eigenvalue weighted by atomic mass is 35.5. The van der Waals surface area contributed by atoms with Gasteiger partial charge in [0.05, 0.1) is 0 Å². The van der Waals surface area contributed by atoms with E-state index in [1.807, 2.05) is 6.92 Å². The van der Waals surface area contributed by atoms with Gasteiger partial charge in [0.15, 0.2) is 0 Å². The Morgan fingerprint density at radius 2 is 2.10 bits per heavy atom. The first kappa shape index (κ1) is 14.3. The van der Waals surface area contributed by atoms with Crippen molar-refractivity contribution in [2.75, 3.05) is 5.32 Å². The molecule has 104 valence electrons. The van der Waals surface area contributed by atoms with Crippen molar-refractivity contribution in [2.45, 2.75) is 19.9 Å². The normalized spacial score (nSPS) is 11.9. The van der Waals surface area contributed by atoms with E-state index in [2.05, 4.69) is 10.4 Å². The van der Waals surface area contributed by atoms with Gasteiger partial charge in [-0.15, -0.1) is 0 Å². The number of carbonyl (C=O) groups excluding carboxylic acids is 1. The zero-order chi connectivity index (χ0) is 14.7. The van der Waals surface area contributed by atoms with Gasteiger partial charge in [0.2, 0.25) is 5.91 Å². The molecular weight excluding hydrogens is 278 g/mol. The maximum absolute atomic E-state index is 12.2. The van der Waals surface area contributed by atoms with E-state index in [9.17, 15) is 9.59 Å². The average molecular weight is 292 g/mol. The van der Waals surface area contributed by atoms with Gasteiger partial charge in [-0.05, 0) is 37.6 Å². The lowest BCUT2D eigenvalue weighted by Gasteiger charge is -2.15. The van der Waals surface area contributed by atoms with Gasteiger partial charge >= 0.3 is 0 Å². The molecule has 0 aliphatic carbocycles. The zero-order valence-corrected chi connectivity index (χ0v) is 11.9. The smallest absolute Gasteiger partial charge is 0.267 e. The Labute approximate surface area is 121 Å². The number of rotatable bonds is 3. The SMILES string of the molecule is Cc1c(Cl)cccc1NC(=O)[C@@H](C)n1ncccc1=O. The molecule has 2 rings (SSSR count). The molecule has 6 heteroatoms. The van der Waals surface area contributed by atoms with Crippen molar-refractivity contribution < 1.29 is 4.79 Å². The van der Waals surface area contributed by atoms with Gasteiger partial charge < -0.3 is 5.32 Å². The molecular formula is C14H14ClN3O2. The van der Waals surface area contributed by atoms with Crippen LogP contribution in [-0.2, 0) is 4.79 Å². The van der Waals surface area contributed by atoms with Gasteiger partial charge in [0.25, 0.3) is 5.56 Å². The molecule has 1 heterocycles. The third kappa shape index (κ3) is 2.88. The van der Waals surface area contributed by atoms with Gasteiger partial charge in [-0.1, -0.05) is 17.7 Å². The molecule has 0 bridgehead atoms. The first-order chi connectivity index (χ1) is 9.50. The standard InChI is InChI=1S/C14H14ClN3O2/c1-9-11(15)5-3-6-12(9)17-14(20)10(2)18-13(19)7-4-8-16-18/h3-8,10H,1-2H3,(H,17,20)/t10-/m1/s1. The summed E-state index contributed by atoms with van der Waals surface area (Å²) >= 11 is 6.00. The first-order valence-corrected chi connectivity index (χ1v) is 6.48. The van der Waals surface area contributed by atoms with E-state index in [4.69, 9.17) is 11.6 Å². The summed E-state index contributed by atoms with van der Waals surface area (Å²) in [6.07, 6.45) is 1.47. The van der Waals surface area contributed by atoms with Crippen molar-refractivity contribution in [3.63, 3.8) is 0 Å². The van der Waals surface area contributed by atoms with E-state index in [0.29, 0.717) is 10.7 Å². The number of aromatic nitrogens is 2. The Bertz CT molecular complexity index is 697. The van der Waals surface area contributed by atoms with Gasteiger partial charge in [0, 0.05) is 23.0 Å². The third-order valence-corrected chi connectivity index (χ3v) is 3.42. The molecule has 0 fully saturated rings. The van der Waals surface area contributed by atoms with Gasteiger partial charge in [-0.3, -0.25) is 9.59 Å². The number of anilines is 1. The highest BCUT2D eigenvalue weighted by molar-refractivity contribution is 6.31. The highest BCUT2D eigenvalue weighted by Crippen LogP contribution is 2.23. The number of hydrogen-bond donors (Lipinski definition) is 1. The third-order valence-electron chi connectivity index (χ3n) is 3.01. The topological polar surface area (TPSA) is 64.0 Å². The van der Waals surface area contributed by atoms with Crippen LogP contribution in [0.15, 0.2) is 41.3 Å². The summed E-state index contributed by atoms with van der Waals surface area (Å²) in [6.45, 7) is 3.43. The largest absolute Gasteiger partial charge is 0.324 e. The molecule has 0 spiro atoms. The van der Waals surface area contributed by atoms with E-state index in [0.717, 1.165) is 10.2 Å². The fourth-order valence-corrected chi connectivity index (χ4v) is 1.93. The molecule has 1 atom stereocenters. The highest BCUT2D eigenvalue weighted by Gasteiger charge is 2.17. The fourth-order valence-electron chi connectivity index (χ4n) is 1.75. The fraction of sp³-hybridized carbons (Fsp3) is 0.214. The predicted octanol–water partition coefficient (Wildman–Crippen LogP) is 2.40. The zero-order valence-electron chi connectivity index (χ0n) is 11.1. The molecule has 1 N–H and O–H groups in total. The summed E-state index contributed by atoms with van der Waals surface area (Å²) in [5.74, 6) is -0.323. The Hall–Kier alpha value is -2.14. The molecule has 1 aromatic heterocycles. The van der Waals surface area contributed by atoms with Crippen molar-refractivity contribution in [2.24, 2.45) is 0 Å². The summed E-state index contributed by atoms with van der Waals surface area (Å²) in [7, 11) is 0. The van der Waals surface area contributed by atoms with Crippen LogP contribution in [0.25, 0.3) is 0 Å². The number of halogens is 1. The monoisotopic (exact) mass is 291 g/mol. The molecule has 1 aromatic carbocycles. The maximum Gasteiger partial charge on any atom is 0.267 e.